The number of benzene rings is 3. The topological polar surface area (TPSA) is 27.1 Å². The van der Waals surface area contributed by atoms with Crippen LogP contribution in [0.25, 0.3) is 16.6 Å². The van der Waals surface area contributed by atoms with Gasteiger partial charge in [-0.1, -0.05) is 22.0 Å². The average Bonchev–Trinajstić information content (AvgIpc) is 3.12. The van der Waals surface area contributed by atoms with Crippen LogP contribution < -0.4 is 4.74 Å². The first-order valence-corrected chi connectivity index (χ1v) is 10.2. The summed E-state index contributed by atoms with van der Waals surface area (Å²) in [6, 6.07) is 15.4. The lowest BCUT2D eigenvalue weighted by Gasteiger charge is -2.22. The van der Waals surface area contributed by atoms with Crippen LogP contribution in [0.1, 0.15) is 17.0 Å². The Morgan fingerprint density at radius 3 is 2.45 bits per heavy atom. The summed E-state index contributed by atoms with van der Waals surface area (Å²) in [7, 11) is 0. The van der Waals surface area contributed by atoms with Crippen LogP contribution in [0.5, 0.6) is 5.75 Å². The Balaban J connectivity index is 1.64. The normalized spacial score (nSPS) is 12.8. The number of ether oxygens (including phenoxy) is 1. The molecule has 1 aromatic heterocycles. The van der Waals surface area contributed by atoms with Crippen LogP contribution in [-0.4, -0.2) is 22.6 Å². The molecule has 1 atom stereocenters. The summed E-state index contributed by atoms with van der Waals surface area (Å²) in [4.78, 5) is 0. The van der Waals surface area contributed by atoms with Crippen LogP contribution in [0.4, 0.5) is 17.6 Å². The summed E-state index contributed by atoms with van der Waals surface area (Å²) in [5.74, 6) is -1.77. The standard InChI is InChI=1S/C23H17BrF4N2O/c1-14-10-17(24)3-9-22(14)31-13-20(23(26,27)28)15-2-8-21-16(11-15)12-29-30(21)19-6-4-18(25)5-7-19/h2-12,20H,13H2,1H3. The second-order valence-corrected chi connectivity index (χ2v) is 8.08. The molecule has 0 N–H and O–H groups in total. The van der Waals surface area contributed by atoms with Crippen LogP contribution in [0.2, 0.25) is 0 Å². The van der Waals surface area contributed by atoms with Crippen molar-refractivity contribution in [1.82, 2.24) is 9.78 Å². The van der Waals surface area contributed by atoms with Gasteiger partial charge in [-0.05, 0) is 72.6 Å². The lowest BCUT2D eigenvalue weighted by atomic mass is 9.98. The smallest absolute Gasteiger partial charge is 0.399 e. The second kappa shape index (κ2) is 8.34. The molecule has 0 saturated heterocycles. The predicted octanol–water partition coefficient (Wildman–Crippen LogP) is 6.96. The Morgan fingerprint density at radius 1 is 1.03 bits per heavy atom. The van der Waals surface area contributed by atoms with Crippen molar-refractivity contribution < 1.29 is 22.3 Å². The molecule has 8 heteroatoms. The Bertz CT molecular complexity index is 1220. The lowest BCUT2D eigenvalue weighted by Crippen LogP contribution is -2.26. The molecule has 3 nitrogen and oxygen atoms in total. The predicted molar refractivity (Wildman–Crippen MR) is 114 cm³/mol. The molecule has 0 fully saturated rings. The minimum Gasteiger partial charge on any atom is -0.492 e. The van der Waals surface area contributed by atoms with E-state index in [1.165, 1.54) is 30.5 Å². The third-order valence-corrected chi connectivity index (χ3v) is 5.50. The number of alkyl halides is 3. The van der Waals surface area contributed by atoms with Gasteiger partial charge in [-0.15, -0.1) is 0 Å². The maximum Gasteiger partial charge on any atom is 0.399 e. The number of rotatable bonds is 5. The van der Waals surface area contributed by atoms with Crippen molar-refractivity contribution in [1.29, 1.82) is 0 Å². The molecule has 3 aromatic carbocycles. The van der Waals surface area contributed by atoms with Crippen LogP contribution in [0.3, 0.4) is 0 Å². The van der Waals surface area contributed by atoms with Gasteiger partial charge < -0.3 is 4.74 Å². The maximum absolute atomic E-state index is 13.8. The highest BCUT2D eigenvalue weighted by molar-refractivity contribution is 9.10. The summed E-state index contributed by atoms with van der Waals surface area (Å²) in [6.45, 7) is 1.24. The van der Waals surface area contributed by atoms with Gasteiger partial charge in [0.05, 0.1) is 17.4 Å². The van der Waals surface area contributed by atoms with Crippen molar-refractivity contribution in [3.05, 3.63) is 88.3 Å². The van der Waals surface area contributed by atoms with E-state index >= 15 is 0 Å². The first kappa shape index (κ1) is 21.4. The van der Waals surface area contributed by atoms with Gasteiger partial charge in [0.2, 0.25) is 0 Å². The Hall–Kier alpha value is -2.87. The van der Waals surface area contributed by atoms with E-state index in [2.05, 4.69) is 21.0 Å². The van der Waals surface area contributed by atoms with Gasteiger partial charge in [-0.2, -0.15) is 18.3 Å². The summed E-state index contributed by atoms with van der Waals surface area (Å²) in [5.41, 5.74) is 2.08. The summed E-state index contributed by atoms with van der Waals surface area (Å²) >= 11 is 3.33. The van der Waals surface area contributed by atoms with E-state index in [1.807, 2.05) is 0 Å². The van der Waals surface area contributed by atoms with Crippen LogP contribution in [0.15, 0.2) is 71.3 Å². The van der Waals surface area contributed by atoms with Gasteiger partial charge in [-0.3, -0.25) is 0 Å². The second-order valence-electron chi connectivity index (χ2n) is 7.17. The molecule has 0 aliphatic rings. The van der Waals surface area contributed by atoms with E-state index in [0.717, 1.165) is 10.0 Å². The molecule has 0 aliphatic heterocycles. The Kier molecular flexibility index (Phi) is 5.75. The highest BCUT2D eigenvalue weighted by atomic mass is 79.9. The monoisotopic (exact) mass is 492 g/mol. The Labute approximate surface area is 184 Å². The molecule has 160 valence electrons. The molecular formula is C23H17BrF4N2O. The van der Waals surface area contributed by atoms with Crippen molar-refractivity contribution in [3.63, 3.8) is 0 Å². The number of hydrogen-bond acceptors (Lipinski definition) is 2. The molecule has 4 aromatic rings. The molecule has 0 radical (unpaired) electrons. The molecule has 0 aliphatic carbocycles. The van der Waals surface area contributed by atoms with Crippen LogP contribution in [-0.2, 0) is 0 Å². The summed E-state index contributed by atoms with van der Waals surface area (Å²) in [5, 5.41) is 4.80. The third-order valence-electron chi connectivity index (χ3n) is 5.00. The van der Waals surface area contributed by atoms with E-state index in [9.17, 15) is 17.6 Å². The Morgan fingerprint density at radius 2 is 1.77 bits per heavy atom. The molecule has 1 heterocycles. The zero-order chi connectivity index (χ0) is 22.2. The molecule has 31 heavy (non-hydrogen) atoms. The SMILES string of the molecule is Cc1cc(Br)ccc1OCC(c1ccc2c(cnn2-c2ccc(F)cc2)c1)C(F)(F)F. The molecule has 0 spiro atoms. The highest BCUT2D eigenvalue weighted by Gasteiger charge is 2.41. The van der Waals surface area contributed by atoms with Gasteiger partial charge in [-0.25, -0.2) is 9.07 Å². The molecule has 0 bridgehead atoms. The zero-order valence-electron chi connectivity index (χ0n) is 16.3. The van der Waals surface area contributed by atoms with Crippen LogP contribution >= 0.6 is 15.9 Å². The molecule has 4 rings (SSSR count). The van der Waals surface area contributed by atoms with Crippen molar-refractivity contribution in [2.75, 3.05) is 6.61 Å². The fourth-order valence-electron chi connectivity index (χ4n) is 3.38. The van der Waals surface area contributed by atoms with Gasteiger partial charge in [0, 0.05) is 9.86 Å². The fourth-order valence-corrected chi connectivity index (χ4v) is 3.86. The first-order chi connectivity index (χ1) is 14.7. The zero-order valence-corrected chi connectivity index (χ0v) is 17.9. The molecular weight excluding hydrogens is 476 g/mol. The fraction of sp³-hybridized carbons (Fsp3) is 0.174. The lowest BCUT2D eigenvalue weighted by molar-refractivity contribution is -0.156. The summed E-state index contributed by atoms with van der Waals surface area (Å²) < 4.78 is 62.6. The largest absolute Gasteiger partial charge is 0.492 e. The number of aryl methyl sites for hydroxylation is 1. The third kappa shape index (κ3) is 4.58. The van der Waals surface area contributed by atoms with Crippen molar-refractivity contribution in [2.24, 2.45) is 0 Å². The van der Waals surface area contributed by atoms with Gasteiger partial charge in [0.1, 0.15) is 24.1 Å². The molecule has 0 saturated carbocycles. The average molecular weight is 493 g/mol. The van der Waals surface area contributed by atoms with Crippen molar-refractivity contribution in [3.8, 4) is 11.4 Å². The first-order valence-electron chi connectivity index (χ1n) is 9.41. The minimum absolute atomic E-state index is 0.0911. The molecule has 0 amide bonds. The number of nitrogens with zero attached hydrogens (tertiary/aromatic N) is 2. The minimum atomic E-state index is -4.48. The molecule has 1 unspecified atom stereocenters. The van der Waals surface area contributed by atoms with Crippen molar-refractivity contribution in [2.45, 2.75) is 19.0 Å². The number of aromatic nitrogens is 2. The van der Waals surface area contributed by atoms with E-state index in [4.69, 9.17) is 4.74 Å². The number of fused-ring (bicyclic) bond motifs is 1. The van der Waals surface area contributed by atoms with Crippen LogP contribution in [0, 0.1) is 12.7 Å². The van der Waals surface area contributed by atoms with E-state index < -0.39 is 18.7 Å². The quantitative estimate of drug-likeness (QED) is 0.281. The van der Waals surface area contributed by atoms with E-state index in [-0.39, 0.29) is 11.4 Å². The van der Waals surface area contributed by atoms with E-state index in [0.29, 0.717) is 22.3 Å². The van der Waals surface area contributed by atoms with Gasteiger partial charge in [0.25, 0.3) is 0 Å². The number of hydrogen-bond donors (Lipinski definition) is 0. The van der Waals surface area contributed by atoms with Crippen molar-refractivity contribution >= 4 is 26.8 Å². The number of halogens is 5. The summed E-state index contributed by atoms with van der Waals surface area (Å²) in [6.07, 6.45) is -2.99. The maximum atomic E-state index is 13.8. The van der Waals surface area contributed by atoms with Gasteiger partial charge >= 0.3 is 6.18 Å². The highest BCUT2D eigenvalue weighted by Crippen LogP contribution is 2.37. The van der Waals surface area contributed by atoms with Gasteiger partial charge in [0.15, 0.2) is 0 Å². The van der Waals surface area contributed by atoms with E-state index in [1.54, 1.807) is 48.0 Å².